The Morgan fingerprint density at radius 2 is 1.84 bits per heavy atom. The first kappa shape index (κ1) is 18.1. The monoisotopic (exact) mass is 271 g/mol. The number of amides is 1. The van der Waals surface area contributed by atoms with Crippen LogP contribution in [0, 0.1) is 5.92 Å². The van der Waals surface area contributed by atoms with Gasteiger partial charge in [-0.1, -0.05) is 27.7 Å². The van der Waals surface area contributed by atoms with Crippen LogP contribution in [0.3, 0.4) is 0 Å². The summed E-state index contributed by atoms with van der Waals surface area (Å²) in [6.45, 7) is 9.02. The van der Waals surface area contributed by atoms with Crippen molar-refractivity contribution in [2.45, 2.75) is 59.0 Å². The Morgan fingerprint density at radius 3 is 2.26 bits per heavy atom. The number of carbonyl (C=O) groups excluding carboxylic acids is 2. The number of nitrogens with one attached hydrogen (secondary N) is 2. The first-order valence-electron chi connectivity index (χ1n) is 7.24. The van der Waals surface area contributed by atoms with Crippen LogP contribution in [0.4, 0.5) is 0 Å². The Balaban J connectivity index is 4.62. The maximum atomic E-state index is 12.2. The van der Waals surface area contributed by atoms with E-state index in [0.717, 1.165) is 13.0 Å². The SMILES string of the molecule is CCNC(C(=O)NC(CCCN)C(=O)CC)C(C)C. The molecule has 112 valence electrons. The molecule has 19 heavy (non-hydrogen) atoms. The van der Waals surface area contributed by atoms with E-state index in [9.17, 15) is 9.59 Å². The number of carbonyl (C=O) groups is 2. The molecule has 1 amide bonds. The van der Waals surface area contributed by atoms with Crippen molar-refractivity contribution in [3.05, 3.63) is 0 Å². The van der Waals surface area contributed by atoms with E-state index in [1.54, 1.807) is 0 Å². The molecule has 5 heteroatoms. The number of likely N-dealkylation sites (N-methyl/N-ethyl adjacent to an activating group) is 1. The third kappa shape index (κ3) is 6.68. The summed E-state index contributed by atoms with van der Waals surface area (Å²) in [4.78, 5) is 24.0. The van der Waals surface area contributed by atoms with Crippen LogP contribution in [0.2, 0.25) is 0 Å². The zero-order chi connectivity index (χ0) is 14.8. The molecule has 2 atom stereocenters. The van der Waals surface area contributed by atoms with E-state index >= 15 is 0 Å². The predicted molar refractivity (Wildman–Crippen MR) is 77.8 cm³/mol. The molecule has 0 aromatic rings. The largest absolute Gasteiger partial charge is 0.345 e. The number of hydrogen-bond donors (Lipinski definition) is 3. The summed E-state index contributed by atoms with van der Waals surface area (Å²) in [5.41, 5.74) is 5.47. The van der Waals surface area contributed by atoms with E-state index in [0.29, 0.717) is 19.4 Å². The van der Waals surface area contributed by atoms with Crippen molar-refractivity contribution in [2.75, 3.05) is 13.1 Å². The third-order valence-corrected chi connectivity index (χ3v) is 3.12. The van der Waals surface area contributed by atoms with Gasteiger partial charge in [-0.05, 0) is 31.8 Å². The highest BCUT2D eigenvalue weighted by Gasteiger charge is 2.25. The Bertz CT molecular complexity index is 280. The van der Waals surface area contributed by atoms with E-state index in [4.69, 9.17) is 5.73 Å². The third-order valence-electron chi connectivity index (χ3n) is 3.12. The average Bonchev–Trinajstić information content (AvgIpc) is 2.39. The second kappa shape index (κ2) is 9.92. The van der Waals surface area contributed by atoms with E-state index in [-0.39, 0.29) is 23.7 Å². The number of hydrogen-bond acceptors (Lipinski definition) is 4. The summed E-state index contributed by atoms with van der Waals surface area (Å²) in [7, 11) is 0. The maximum absolute atomic E-state index is 12.2. The van der Waals surface area contributed by atoms with E-state index < -0.39 is 6.04 Å². The van der Waals surface area contributed by atoms with Crippen molar-refractivity contribution < 1.29 is 9.59 Å². The second-order valence-corrected chi connectivity index (χ2v) is 5.09. The minimum Gasteiger partial charge on any atom is -0.345 e. The molecule has 0 fully saturated rings. The molecule has 0 saturated heterocycles. The van der Waals surface area contributed by atoms with Gasteiger partial charge in [0, 0.05) is 6.42 Å². The molecule has 0 heterocycles. The van der Waals surface area contributed by atoms with Gasteiger partial charge in [-0.15, -0.1) is 0 Å². The van der Waals surface area contributed by atoms with Crippen molar-refractivity contribution >= 4 is 11.7 Å². The van der Waals surface area contributed by atoms with Crippen LogP contribution in [0.25, 0.3) is 0 Å². The van der Waals surface area contributed by atoms with Crippen molar-refractivity contribution in [1.82, 2.24) is 10.6 Å². The molecule has 0 bridgehead atoms. The second-order valence-electron chi connectivity index (χ2n) is 5.09. The molecule has 0 aromatic carbocycles. The van der Waals surface area contributed by atoms with Crippen LogP contribution in [0.1, 0.15) is 47.0 Å². The fraction of sp³-hybridized carbons (Fsp3) is 0.857. The van der Waals surface area contributed by atoms with Gasteiger partial charge < -0.3 is 16.4 Å². The lowest BCUT2D eigenvalue weighted by atomic mass is 10.0. The van der Waals surface area contributed by atoms with E-state index in [1.165, 1.54) is 0 Å². The Hall–Kier alpha value is -0.940. The summed E-state index contributed by atoms with van der Waals surface area (Å²) >= 11 is 0. The molecular formula is C14H29N3O2. The van der Waals surface area contributed by atoms with Crippen molar-refractivity contribution in [1.29, 1.82) is 0 Å². The van der Waals surface area contributed by atoms with E-state index in [1.807, 2.05) is 27.7 Å². The Labute approximate surface area is 116 Å². The highest BCUT2D eigenvalue weighted by molar-refractivity contribution is 5.90. The quantitative estimate of drug-likeness (QED) is 0.549. The van der Waals surface area contributed by atoms with E-state index in [2.05, 4.69) is 10.6 Å². The van der Waals surface area contributed by atoms with Crippen molar-refractivity contribution in [2.24, 2.45) is 11.7 Å². The summed E-state index contributed by atoms with van der Waals surface area (Å²) < 4.78 is 0. The molecule has 0 aromatic heterocycles. The van der Waals surface area contributed by atoms with Gasteiger partial charge in [-0.3, -0.25) is 9.59 Å². The maximum Gasteiger partial charge on any atom is 0.237 e. The van der Waals surface area contributed by atoms with Crippen LogP contribution in [0.5, 0.6) is 0 Å². The normalized spacial score (nSPS) is 14.2. The molecule has 0 spiro atoms. The van der Waals surface area contributed by atoms with Gasteiger partial charge in [0.1, 0.15) is 0 Å². The van der Waals surface area contributed by atoms with Gasteiger partial charge in [-0.25, -0.2) is 0 Å². The average molecular weight is 271 g/mol. The molecule has 2 unspecified atom stereocenters. The molecular weight excluding hydrogens is 242 g/mol. The smallest absolute Gasteiger partial charge is 0.237 e. The highest BCUT2D eigenvalue weighted by atomic mass is 16.2. The number of rotatable bonds is 10. The number of nitrogens with two attached hydrogens (primary N) is 1. The summed E-state index contributed by atoms with van der Waals surface area (Å²) in [5, 5.41) is 6.01. The standard InChI is InChI=1S/C14H29N3O2/c1-5-12(18)11(8-7-9-15)17-14(19)13(10(3)4)16-6-2/h10-11,13,16H,5-9,15H2,1-4H3,(H,17,19). The molecule has 4 N–H and O–H groups in total. The lowest BCUT2D eigenvalue weighted by Gasteiger charge is -2.24. The molecule has 0 rings (SSSR count). The van der Waals surface area contributed by atoms with Crippen LogP contribution in [-0.4, -0.2) is 36.9 Å². The van der Waals surface area contributed by atoms with Gasteiger partial charge in [0.25, 0.3) is 0 Å². The Kier molecular flexibility index (Phi) is 9.43. The molecule has 0 aliphatic rings. The topological polar surface area (TPSA) is 84.2 Å². The molecule has 0 radical (unpaired) electrons. The van der Waals surface area contributed by atoms with Gasteiger partial charge in [-0.2, -0.15) is 0 Å². The highest BCUT2D eigenvalue weighted by Crippen LogP contribution is 2.05. The van der Waals surface area contributed by atoms with Crippen LogP contribution in [0.15, 0.2) is 0 Å². The molecule has 0 aliphatic carbocycles. The number of Topliss-reactive ketones (excluding diaryl/α,β-unsaturated/α-hetero) is 1. The lowest BCUT2D eigenvalue weighted by Crippen LogP contribution is -2.52. The van der Waals surface area contributed by atoms with Gasteiger partial charge >= 0.3 is 0 Å². The van der Waals surface area contributed by atoms with Crippen molar-refractivity contribution in [3.8, 4) is 0 Å². The van der Waals surface area contributed by atoms with Crippen LogP contribution < -0.4 is 16.4 Å². The molecule has 0 saturated carbocycles. The van der Waals surface area contributed by atoms with Crippen LogP contribution >= 0.6 is 0 Å². The predicted octanol–water partition coefficient (Wildman–Crippen LogP) is 0.823. The van der Waals surface area contributed by atoms with Gasteiger partial charge in [0.05, 0.1) is 12.1 Å². The van der Waals surface area contributed by atoms with Gasteiger partial charge in [0.2, 0.25) is 5.91 Å². The van der Waals surface area contributed by atoms with Crippen LogP contribution in [-0.2, 0) is 9.59 Å². The summed E-state index contributed by atoms with van der Waals surface area (Å²) in [6, 6.07) is -0.656. The minimum atomic E-state index is -0.402. The summed E-state index contributed by atoms with van der Waals surface area (Å²) in [6.07, 6.45) is 1.79. The first-order valence-corrected chi connectivity index (χ1v) is 7.24. The summed E-state index contributed by atoms with van der Waals surface area (Å²) in [5.74, 6) is 0.160. The molecule has 0 aliphatic heterocycles. The first-order chi connectivity index (χ1) is 8.97. The lowest BCUT2D eigenvalue weighted by molar-refractivity contribution is -0.129. The number of ketones is 1. The zero-order valence-corrected chi connectivity index (χ0v) is 12.7. The fourth-order valence-corrected chi connectivity index (χ4v) is 1.99. The Morgan fingerprint density at radius 1 is 1.21 bits per heavy atom. The zero-order valence-electron chi connectivity index (χ0n) is 12.7. The van der Waals surface area contributed by atoms with Gasteiger partial charge in [0.15, 0.2) is 5.78 Å². The molecule has 5 nitrogen and oxygen atoms in total. The minimum absolute atomic E-state index is 0.0702. The fourth-order valence-electron chi connectivity index (χ4n) is 1.99. The van der Waals surface area contributed by atoms with Crippen molar-refractivity contribution in [3.63, 3.8) is 0 Å².